The van der Waals surface area contributed by atoms with Crippen molar-refractivity contribution in [3.05, 3.63) is 76.1 Å². The van der Waals surface area contributed by atoms with Gasteiger partial charge in [0.1, 0.15) is 5.82 Å². The molecular weight excluding hydrogens is 443 g/mol. The van der Waals surface area contributed by atoms with Gasteiger partial charge in [-0.05, 0) is 35.4 Å². The molecule has 1 atom stereocenters. The molecule has 1 N–H and O–H groups in total. The third-order valence-corrected chi connectivity index (χ3v) is 4.26. The lowest BCUT2D eigenvalue weighted by Gasteiger charge is -2.22. The maximum atomic E-state index is 14.0. The Labute approximate surface area is 169 Å². The Morgan fingerprint density at radius 3 is 1.94 bits per heavy atom. The molecule has 0 aliphatic carbocycles. The fourth-order valence-corrected chi connectivity index (χ4v) is 2.82. The second kappa shape index (κ2) is 8.27. The molecule has 11 heteroatoms. The molecule has 0 aliphatic heterocycles. The molecule has 0 bridgehead atoms. The molecule has 2 aromatic carbocycles. The van der Waals surface area contributed by atoms with E-state index in [0.717, 1.165) is 12.1 Å². The number of benzene rings is 2. The highest BCUT2D eigenvalue weighted by molar-refractivity contribution is 5.90. The van der Waals surface area contributed by atoms with Crippen LogP contribution >= 0.6 is 0 Å². The summed E-state index contributed by atoms with van der Waals surface area (Å²) < 4.78 is 119. The molecule has 2 rings (SSSR count). The number of rotatable bonds is 5. The number of carboxylic acids is 1. The number of carboxylic acid groups (broad SMARTS) is 1. The highest BCUT2D eigenvalue weighted by Crippen LogP contribution is 2.38. The van der Waals surface area contributed by atoms with Crippen LogP contribution in [0.25, 0.3) is 6.08 Å². The molecule has 0 aromatic heterocycles. The number of allylic oxidation sites excluding steroid dienone is 1. The lowest BCUT2D eigenvalue weighted by atomic mass is 9.91. The molecule has 0 saturated carbocycles. The number of carbonyl (C=O) groups is 1. The molecule has 0 saturated heterocycles. The average Bonchev–Trinajstić information content (AvgIpc) is 2.58. The monoisotopic (exact) mass is 456 g/mol. The van der Waals surface area contributed by atoms with Gasteiger partial charge in [0, 0.05) is 6.92 Å². The summed E-state index contributed by atoms with van der Waals surface area (Å²) >= 11 is 0. The zero-order valence-electron chi connectivity index (χ0n) is 15.5. The normalized spacial score (nSPS) is 14.1. The standard InChI is InChI=1S/C20H13F9O2/c1-18(22,23)13(11-4-7-14(16(21)9-11)19(24,25)26)6-3-10-2-5-12(17(30)31)15(8-10)20(27,28)29/h2-9,13H,1H3,(H,30,31). The van der Waals surface area contributed by atoms with Crippen LogP contribution in [0.2, 0.25) is 0 Å². The lowest BCUT2D eigenvalue weighted by Crippen LogP contribution is -2.21. The number of halogens is 9. The minimum atomic E-state index is -5.04. The summed E-state index contributed by atoms with van der Waals surface area (Å²) in [6, 6.07) is 3.23. The van der Waals surface area contributed by atoms with Crippen molar-refractivity contribution in [3.8, 4) is 0 Å². The predicted octanol–water partition coefficient (Wildman–Crippen LogP) is 7.01. The molecule has 1 unspecified atom stereocenters. The van der Waals surface area contributed by atoms with Gasteiger partial charge in [-0.25, -0.2) is 18.0 Å². The van der Waals surface area contributed by atoms with Crippen LogP contribution in [0.4, 0.5) is 39.5 Å². The first-order chi connectivity index (χ1) is 14.0. The van der Waals surface area contributed by atoms with Crippen LogP contribution in [-0.2, 0) is 12.4 Å². The zero-order valence-corrected chi connectivity index (χ0v) is 15.5. The van der Waals surface area contributed by atoms with Crippen molar-refractivity contribution in [1.29, 1.82) is 0 Å². The summed E-state index contributed by atoms with van der Waals surface area (Å²) in [6.45, 7) is 0.409. The molecule has 2 nitrogen and oxygen atoms in total. The molecule has 0 heterocycles. The van der Waals surface area contributed by atoms with Gasteiger partial charge in [0.05, 0.1) is 22.6 Å². The molecule has 0 spiro atoms. The summed E-state index contributed by atoms with van der Waals surface area (Å²) in [5, 5.41) is 8.87. The Balaban J connectivity index is 2.50. The van der Waals surface area contributed by atoms with Crippen molar-refractivity contribution in [2.45, 2.75) is 31.1 Å². The van der Waals surface area contributed by atoms with Gasteiger partial charge >= 0.3 is 18.3 Å². The third kappa shape index (κ3) is 5.80. The molecule has 31 heavy (non-hydrogen) atoms. The first kappa shape index (κ1) is 24.3. The minimum Gasteiger partial charge on any atom is -0.478 e. The predicted molar refractivity (Wildman–Crippen MR) is 92.2 cm³/mol. The van der Waals surface area contributed by atoms with E-state index in [2.05, 4.69) is 0 Å². The van der Waals surface area contributed by atoms with Gasteiger partial charge in [-0.2, -0.15) is 26.3 Å². The van der Waals surface area contributed by atoms with E-state index in [-0.39, 0.29) is 11.6 Å². The maximum absolute atomic E-state index is 14.0. The average molecular weight is 456 g/mol. The Kier molecular flexibility index (Phi) is 6.48. The highest BCUT2D eigenvalue weighted by Gasteiger charge is 2.38. The van der Waals surface area contributed by atoms with Crippen molar-refractivity contribution >= 4 is 12.0 Å². The largest absolute Gasteiger partial charge is 0.478 e. The topological polar surface area (TPSA) is 37.3 Å². The van der Waals surface area contributed by atoms with E-state index in [1.165, 1.54) is 0 Å². The van der Waals surface area contributed by atoms with Crippen LogP contribution < -0.4 is 0 Å². The van der Waals surface area contributed by atoms with Gasteiger partial charge in [-0.15, -0.1) is 0 Å². The number of alkyl halides is 8. The summed E-state index contributed by atoms with van der Waals surface area (Å²) in [5.74, 6) is -9.21. The van der Waals surface area contributed by atoms with Crippen LogP contribution in [0.5, 0.6) is 0 Å². The van der Waals surface area contributed by atoms with E-state index in [9.17, 15) is 44.3 Å². The third-order valence-electron chi connectivity index (χ3n) is 4.26. The number of aromatic carboxylic acids is 1. The van der Waals surface area contributed by atoms with Crippen LogP contribution in [0.3, 0.4) is 0 Å². The van der Waals surface area contributed by atoms with E-state index >= 15 is 0 Å². The van der Waals surface area contributed by atoms with Gasteiger partial charge < -0.3 is 5.11 Å². The Bertz CT molecular complexity index is 999. The van der Waals surface area contributed by atoms with Crippen LogP contribution in [0.1, 0.15) is 45.5 Å². The molecule has 2 aromatic rings. The van der Waals surface area contributed by atoms with E-state index < -0.39 is 58.2 Å². The van der Waals surface area contributed by atoms with E-state index in [1.54, 1.807) is 0 Å². The van der Waals surface area contributed by atoms with Gasteiger partial charge in [0.2, 0.25) is 0 Å². The first-order valence-electron chi connectivity index (χ1n) is 8.39. The van der Waals surface area contributed by atoms with Crippen molar-refractivity contribution in [3.63, 3.8) is 0 Å². The van der Waals surface area contributed by atoms with E-state index in [4.69, 9.17) is 5.11 Å². The van der Waals surface area contributed by atoms with Crippen molar-refractivity contribution in [2.24, 2.45) is 0 Å². The second-order valence-electron chi connectivity index (χ2n) is 6.64. The summed E-state index contributed by atoms with van der Waals surface area (Å²) in [7, 11) is 0. The van der Waals surface area contributed by atoms with Gasteiger partial charge in [-0.1, -0.05) is 24.3 Å². The highest BCUT2D eigenvalue weighted by atomic mass is 19.4. The quantitative estimate of drug-likeness (QED) is 0.492. The molecule has 0 amide bonds. The van der Waals surface area contributed by atoms with Crippen molar-refractivity contribution in [1.82, 2.24) is 0 Å². The zero-order chi connectivity index (χ0) is 23.8. The first-order valence-corrected chi connectivity index (χ1v) is 8.39. The van der Waals surface area contributed by atoms with Crippen LogP contribution in [0, 0.1) is 5.82 Å². The molecule has 0 radical (unpaired) electrons. The van der Waals surface area contributed by atoms with Gasteiger partial charge in [0.15, 0.2) is 0 Å². The fourth-order valence-electron chi connectivity index (χ4n) is 2.82. The van der Waals surface area contributed by atoms with Crippen LogP contribution in [-0.4, -0.2) is 17.0 Å². The van der Waals surface area contributed by atoms with Crippen molar-refractivity contribution < 1.29 is 49.4 Å². The maximum Gasteiger partial charge on any atom is 0.419 e. The smallest absolute Gasteiger partial charge is 0.419 e. The van der Waals surface area contributed by atoms with Gasteiger partial charge in [0.25, 0.3) is 5.92 Å². The molecule has 168 valence electrons. The molecular formula is C20H13F9O2. The number of hydrogen-bond acceptors (Lipinski definition) is 1. The Hall–Kier alpha value is -2.98. The Morgan fingerprint density at radius 1 is 0.903 bits per heavy atom. The van der Waals surface area contributed by atoms with E-state index in [1.807, 2.05) is 0 Å². The van der Waals surface area contributed by atoms with E-state index in [0.29, 0.717) is 37.3 Å². The SMILES string of the molecule is CC(F)(F)C(C=Cc1ccc(C(=O)O)c(C(F)(F)F)c1)c1ccc(C(F)(F)F)c(F)c1. The Morgan fingerprint density at radius 2 is 1.48 bits per heavy atom. The number of hydrogen-bond donors (Lipinski definition) is 1. The summed E-state index contributed by atoms with van der Waals surface area (Å²) in [5.41, 5.74) is -5.04. The van der Waals surface area contributed by atoms with Gasteiger partial charge in [-0.3, -0.25) is 0 Å². The lowest BCUT2D eigenvalue weighted by molar-refractivity contribution is -0.140. The second-order valence-corrected chi connectivity index (χ2v) is 6.64. The summed E-state index contributed by atoms with van der Waals surface area (Å²) in [4.78, 5) is 11.0. The minimum absolute atomic E-state index is 0.282. The fraction of sp³-hybridized carbons (Fsp3) is 0.250. The molecule has 0 fully saturated rings. The van der Waals surface area contributed by atoms with Crippen LogP contribution in [0.15, 0.2) is 42.5 Å². The van der Waals surface area contributed by atoms with Crippen molar-refractivity contribution in [2.75, 3.05) is 0 Å². The summed E-state index contributed by atoms with van der Waals surface area (Å²) in [6.07, 6.45) is -8.55. The molecule has 0 aliphatic rings.